The first kappa shape index (κ1) is 25.9. The van der Waals surface area contributed by atoms with Crippen LogP contribution in [0.25, 0.3) is 10.6 Å². The molecule has 0 fully saturated rings. The first-order chi connectivity index (χ1) is 15.7. The fourth-order valence-corrected chi connectivity index (χ4v) is 4.78. The van der Waals surface area contributed by atoms with Crippen molar-refractivity contribution in [2.45, 2.75) is 72.1 Å². The molecule has 0 aliphatic heterocycles. The minimum absolute atomic E-state index is 0.0320. The highest BCUT2D eigenvalue weighted by Gasteiger charge is 2.30. The lowest BCUT2D eigenvalue weighted by Gasteiger charge is -2.22. The molecule has 0 N–H and O–H groups in total. The average molecular weight is 490 g/mol. The molecule has 0 unspecified atom stereocenters. The second kappa shape index (κ2) is 9.90. The van der Waals surface area contributed by atoms with Crippen LogP contribution in [0.15, 0.2) is 42.5 Å². The van der Waals surface area contributed by atoms with Gasteiger partial charge >= 0.3 is 6.18 Å². The van der Waals surface area contributed by atoms with E-state index in [1.54, 1.807) is 6.07 Å². The van der Waals surface area contributed by atoms with Gasteiger partial charge in [-0.1, -0.05) is 26.0 Å². The number of hydrogen-bond donors (Lipinski definition) is 0. The summed E-state index contributed by atoms with van der Waals surface area (Å²) in [6, 6.07) is 10.5. The molecular weight excluding hydrogens is 459 g/mol. The molecule has 34 heavy (non-hydrogen) atoms. The smallest absolute Gasteiger partial charge is 0.416 e. The Morgan fingerprint density at radius 1 is 1.06 bits per heavy atom. The zero-order valence-corrected chi connectivity index (χ0v) is 21.2. The molecule has 0 saturated carbocycles. The van der Waals surface area contributed by atoms with Gasteiger partial charge in [0.2, 0.25) is 0 Å². The van der Waals surface area contributed by atoms with E-state index in [0.717, 1.165) is 34.0 Å². The van der Waals surface area contributed by atoms with E-state index in [9.17, 15) is 18.0 Å². The fraction of sp³-hybridized carbons (Fsp3) is 0.407. The van der Waals surface area contributed by atoms with E-state index in [1.165, 1.54) is 23.5 Å². The zero-order valence-electron chi connectivity index (χ0n) is 20.3. The molecule has 0 amide bonds. The molecule has 3 nitrogen and oxygen atoms in total. The Hall–Kier alpha value is -2.67. The number of nitrogens with zero attached hydrogens (tertiary/aromatic N) is 1. The maximum absolute atomic E-state index is 12.9. The number of alkyl halides is 3. The molecule has 0 spiro atoms. The van der Waals surface area contributed by atoms with Crippen LogP contribution in [0.5, 0.6) is 5.75 Å². The monoisotopic (exact) mass is 489 g/mol. The van der Waals surface area contributed by atoms with Crippen LogP contribution in [-0.4, -0.2) is 16.4 Å². The van der Waals surface area contributed by atoms with E-state index in [1.807, 2.05) is 53.7 Å². The number of halogens is 3. The topological polar surface area (TPSA) is 39.2 Å². The van der Waals surface area contributed by atoms with Crippen molar-refractivity contribution in [3.63, 3.8) is 0 Å². The predicted molar refractivity (Wildman–Crippen MR) is 131 cm³/mol. The average Bonchev–Trinajstić information content (AvgIpc) is 3.16. The molecule has 0 aliphatic rings. The Labute approximate surface area is 203 Å². The lowest BCUT2D eigenvalue weighted by atomic mass is 10.0. The van der Waals surface area contributed by atoms with Crippen LogP contribution in [0.3, 0.4) is 0 Å². The van der Waals surface area contributed by atoms with Gasteiger partial charge in [0.15, 0.2) is 5.78 Å². The van der Waals surface area contributed by atoms with Crippen molar-refractivity contribution in [3.05, 3.63) is 69.7 Å². The van der Waals surface area contributed by atoms with Crippen molar-refractivity contribution in [3.8, 4) is 16.3 Å². The maximum Gasteiger partial charge on any atom is 0.416 e. The normalized spacial score (nSPS) is 12.3. The quantitative estimate of drug-likeness (QED) is 0.314. The summed E-state index contributed by atoms with van der Waals surface area (Å²) in [6.45, 7) is 11.9. The first-order valence-electron chi connectivity index (χ1n) is 11.2. The number of Topliss-reactive ketones (excluding diaryl/α,β-unsaturated/α-hetero) is 1. The third-order valence-corrected chi connectivity index (χ3v) is 6.41. The largest absolute Gasteiger partial charge is 0.488 e. The Balaban J connectivity index is 1.76. The summed E-state index contributed by atoms with van der Waals surface area (Å²) in [4.78, 5) is 18.6. The SMILES string of the molecule is Cc1cc(C(=O)CCc2sc(-c3ccc(C(F)(F)F)cc3)nc2C(C)C)ccc1OC(C)(C)C. The van der Waals surface area contributed by atoms with Crippen molar-refractivity contribution in [1.29, 1.82) is 0 Å². The zero-order chi connectivity index (χ0) is 25.3. The third-order valence-electron chi connectivity index (χ3n) is 5.23. The molecule has 3 aromatic rings. The Morgan fingerprint density at radius 3 is 2.24 bits per heavy atom. The maximum atomic E-state index is 12.9. The molecule has 1 aromatic heterocycles. The second-order valence-corrected chi connectivity index (χ2v) is 10.8. The number of thiazole rings is 1. The van der Waals surface area contributed by atoms with Gasteiger partial charge in [-0.2, -0.15) is 13.2 Å². The number of aromatic nitrogens is 1. The number of rotatable bonds is 7. The summed E-state index contributed by atoms with van der Waals surface area (Å²) in [7, 11) is 0. The molecule has 0 bridgehead atoms. The van der Waals surface area contributed by atoms with Gasteiger partial charge < -0.3 is 4.74 Å². The number of benzene rings is 2. The molecule has 0 radical (unpaired) electrons. The van der Waals surface area contributed by atoms with Gasteiger partial charge in [0, 0.05) is 22.4 Å². The molecule has 2 aromatic carbocycles. The van der Waals surface area contributed by atoms with Crippen LogP contribution in [0.4, 0.5) is 13.2 Å². The van der Waals surface area contributed by atoms with Crippen molar-refractivity contribution in [2.24, 2.45) is 0 Å². The number of carbonyl (C=O) groups is 1. The van der Waals surface area contributed by atoms with Crippen molar-refractivity contribution in [2.75, 3.05) is 0 Å². The molecule has 0 atom stereocenters. The van der Waals surface area contributed by atoms with Gasteiger partial charge in [0.05, 0.1) is 11.3 Å². The van der Waals surface area contributed by atoms with E-state index >= 15 is 0 Å². The van der Waals surface area contributed by atoms with Crippen molar-refractivity contribution >= 4 is 17.1 Å². The van der Waals surface area contributed by atoms with Gasteiger partial charge in [-0.05, 0) is 75.9 Å². The summed E-state index contributed by atoms with van der Waals surface area (Å²) < 4.78 is 44.6. The van der Waals surface area contributed by atoms with Crippen LogP contribution in [-0.2, 0) is 12.6 Å². The van der Waals surface area contributed by atoms with Crippen molar-refractivity contribution in [1.82, 2.24) is 4.98 Å². The van der Waals surface area contributed by atoms with Crippen LogP contribution >= 0.6 is 11.3 Å². The third kappa shape index (κ3) is 6.47. The molecule has 1 heterocycles. The van der Waals surface area contributed by atoms with Gasteiger partial charge in [0.1, 0.15) is 16.4 Å². The highest BCUT2D eigenvalue weighted by molar-refractivity contribution is 7.15. The fourth-order valence-electron chi connectivity index (χ4n) is 3.56. The Bertz CT molecular complexity index is 1160. The highest BCUT2D eigenvalue weighted by atomic mass is 32.1. The minimum atomic E-state index is -4.37. The number of ether oxygens (including phenoxy) is 1. The summed E-state index contributed by atoms with van der Waals surface area (Å²) in [6.07, 6.45) is -3.51. The summed E-state index contributed by atoms with van der Waals surface area (Å²) in [5, 5.41) is 0.666. The minimum Gasteiger partial charge on any atom is -0.488 e. The summed E-state index contributed by atoms with van der Waals surface area (Å²) >= 11 is 1.44. The van der Waals surface area contributed by atoms with E-state index in [2.05, 4.69) is 0 Å². The molecule has 0 aliphatic carbocycles. The second-order valence-electron chi connectivity index (χ2n) is 9.68. The molecule has 182 valence electrons. The lowest BCUT2D eigenvalue weighted by Crippen LogP contribution is -2.23. The molecule has 0 saturated heterocycles. The summed E-state index contributed by atoms with van der Waals surface area (Å²) in [5.74, 6) is 0.931. The Morgan fingerprint density at radius 2 is 1.71 bits per heavy atom. The number of hydrogen-bond acceptors (Lipinski definition) is 4. The Kier molecular flexibility index (Phi) is 7.56. The molecule has 3 rings (SSSR count). The van der Waals surface area contributed by atoms with E-state index < -0.39 is 11.7 Å². The van der Waals surface area contributed by atoms with Crippen LogP contribution in [0.2, 0.25) is 0 Å². The van der Waals surface area contributed by atoms with Crippen LogP contribution in [0, 0.1) is 6.92 Å². The van der Waals surface area contributed by atoms with Gasteiger partial charge in [0.25, 0.3) is 0 Å². The lowest BCUT2D eigenvalue weighted by molar-refractivity contribution is -0.137. The van der Waals surface area contributed by atoms with Crippen LogP contribution in [0.1, 0.15) is 79.0 Å². The molecule has 7 heteroatoms. The standard InChI is InChI=1S/C27H30F3NO2S/c1-16(2)24-23(34-25(31-24)18-7-10-20(11-8-18)27(28,29)30)14-12-21(32)19-9-13-22(17(3)15-19)33-26(4,5)6/h7-11,13,15-16H,12,14H2,1-6H3. The number of aryl methyl sites for hydroxylation is 2. The van der Waals surface area contributed by atoms with Crippen LogP contribution < -0.4 is 4.74 Å². The number of carbonyl (C=O) groups excluding carboxylic acids is 1. The van der Waals surface area contributed by atoms with E-state index in [-0.39, 0.29) is 17.3 Å². The summed E-state index contributed by atoms with van der Waals surface area (Å²) in [5.41, 5.74) is 2.07. The first-order valence-corrected chi connectivity index (χ1v) is 12.1. The van der Waals surface area contributed by atoms with Gasteiger partial charge in [-0.25, -0.2) is 4.98 Å². The highest BCUT2D eigenvalue weighted by Crippen LogP contribution is 2.35. The molecular formula is C27H30F3NO2S. The number of ketones is 1. The van der Waals surface area contributed by atoms with E-state index in [4.69, 9.17) is 9.72 Å². The van der Waals surface area contributed by atoms with Crippen molar-refractivity contribution < 1.29 is 22.7 Å². The van der Waals surface area contributed by atoms with Gasteiger partial charge in [-0.15, -0.1) is 11.3 Å². The predicted octanol–water partition coefficient (Wildman–Crippen LogP) is 8.25. The van der Waals surface area contributed by atoms with Gasteiger partial charge in [-0.3, -0.25) is 4.79 Å². The van der Waals surface area contributed by atoms with E-state index in [0.29, 0.717) is 29.0 Å².